The van der Waals surface area contributed by atoms with Crippen molar-refractivity contribution in [3.05, 3.63) is 42.2 Å². The van der Waals surface area contributed by atoms with Gasteiger partial charge in [-0.1, -0.05) is 0 Å². The minimum atomic E-state index is -0.499. The van der Waals surface area contributed by atoms with Crippen molar-refractivity contribution in [3.63, 3.8) is 0 Å². The van der Waals surface area contributed by atoms with Gasteiger partial charge in [0.05, 0.1) is 50.6 Å². The second kappa shape index (κ2) is 8.26. The second-order valence-electron chi connectivity index (χ2n) is 7.05. The van der Waals surface area contributed by atoms with Gasteiger partial charge in [0.2, 0.25) is 0 Å². The van der Waals surface area contributed by atoms with Crippen LogP contribution in [0.2, 0.25) is 0 Å². The van der Waals surface area contributed by atoms with Crippen molar-refractivity contribution in [2.24, 2.45) is 0 Å². The molecule has 0 aliphatic carbocycles. The summed E-state index contributed by atoms with van der Waals surface area (Å²) >= 11 is 0. The van der Waals surface area contributed by atoms with E-state index in [1.807, 2.05) is 23.1 Å². The highest BCUT2D eigenvalue weighted by molar-refractivity contribution is 5.95. The lowest BCUT2D eigenvalue weighted by Gasteiger charge is -2.37. The molecular formula is C21H25N3O5. The molecule has 2 aromatic rings. The Hall–Kier alpha value is -2.84. The molecule has 1 aromatic carbocycles. The number of aromatic nitrogens is 1. The van der Waals surface area contributed by atoms with E-state index in [9.17, 15) is 4.79 Å². The fourth-order valence-corrected chi connectivity index (χ4v) is 3.71. The molecule has 8 nitrogen and oxygen atoms in total. The third-order valence-electron chi connectivity index (χ3n) is 5.30. The molecule has 0 saturated carbocycles. The van der Waals surface area contributed by atoms with Gasteiger partial charge in [0, 0.05) is 38.2 Å². The van der Waals surface area contributed by atoms with Gasteiger partial charge in [0.15, 0.2) is 5.79 Å². The zero-order chi connectivity index (χ0) is 20.3. The maximum atomic E-state index is 13.0. The Morgan fingerprint density at radius 1 is 1.10 bits per heavy atom. The number of amides is 1. The maximum Gasteiger partial charge on any atom is 0.255 e. The lowest BCUT2D eigenvalue weighted by molar-refractivity contribution is -0.181. The molecule has 3 heterocycles. The first kappa shape index (κ1) is 19.5. The summed E-state index contributed by atoms with van der Waals surface area (Å²) in [4.78, 5) is 19.0. The van der Waals surface area contributed by atoms with Crippen LogP contribution in [-0.2, 0) is 9.47 Å². The van der Waals surface area contributed by atoms with Crippen LogP contribution in [0.5, 0.6) is 11.5 Å². The van der Waals surface area contributed by atoms with Crippen LogP contribution in [0, 0.1) is 0 Å². The van der Waals surface area contributed by atoms with Crippen molar-refractivity contribution in [1.82, 2.24) is 9.88 Å². The quantitative estimate of drug-likeness (QED) is 0.828. The Morgan fingerprint density at radius 2 is 1.86 bits per heavy atom. The van der Waals surface area contributed by atoms with Gasteiger partial charge in [-0.05, 0) is 18.2 Å². The molecule has 8 heteroatoms. The summed E-state index contributed by atoms with van der Waals surface area (Å²) in [6, 6.07) is 7.27. The average Bonchev–Trinajstić information content (AvgIpc) is 3.22. The first-order valence-corrected chi connectivity index (χ1v) is 9.64. The number of benzene rings is 1. The molecule has 2 aliphatic rings. The van der Waals surface area contributed by atoms with E-state index in [4.69, 9.17) is 18.9 Å². The Labute approximate surface area is 169 Å². The number of hydrogen-bond acceptors (Lipinski definition) is 7. The van der Waals surface area contributed by atoms with Crippen molar-refractivity contribution in [1.29, 1.82) is 0 Å². The van der Waals surface area contributed by atoms with Crippen LogP contribution >= 0.6 is 0 Å². The number of hydrogen-bond donors (Lipinski definition) is 1. The topological polar surface area (TPSA) is 82.2 Å². The fourth-order valence-electron chi connectivity index (χ4n) is 3.71. The monoisotopic (exact) mass is 399 g/mol. The molecular weight excluding hydrogens is 374 g/mol. The van der Waals surface area contributed by atoms with Crippen molar-refractivity contribution in [3.8, 4) is 11.5 Å². The van der Waals surface area contributed by atoms with Gasteiger partial charge in [0.1, 0.15) is 11.5 Å². The third-order valence-corrected chi connectivity index (χ3v) is 5.30. The van der Waals surface area contributed by atoms with Gasteiger partial charge < -0.3 is 29.2 Å². The number of ether oxygens (including phenoxy) is 4. The van der Waals surface area contributed by atoms with Gasteiger partial charge >= 0.3 is 0 Å². The van der Waals surface area contributed by atoms with E-state index >= 15 is 0 Å². The van der Waals surface area contributed by atoms with Crippen LogP contribution in [0.3, 0.4) is 0 Å². The van der Waals surface area contributed by atoms with Gasteiger partial charge in [-0.15, -0.1) is 0 Å². The normalized spacial score (nSPS) is 17.9. The fraction of sp³-hybridized carbons (Fsp3) is 0.429. The summed E-state index contributed by atoms with van der Waals surface area (Å²) in [5.74, 6) is 0.820. The number of nitrogens with zero attached hydrogens (tertiary/aromatic N) is 2. The molecule has 1 aromatic heterocycles. The van der Waals surface area contributed by atoms with E-state index in [0.717, 1.165) is 5.69 Å². The number of carbonyl (C=O) groups excluding carboxylic acids is 1. The summed E-state index contributed by atoms with van der Waals surface area (Å²) in [7, 11) is 3.21. The minimum absolute atomic E-state index is 0.0494. The molecule has 29 heavy (non-hydrogen) atoms. The molecule has 4 rings (SSSR count). The number of methoxy groups -OCH3 is 2. The maximum absolute atomic E-state index is 13.0. The largest absolute Gasteiger partial charge is 0.497 e. The number of carbonyl (C=O) groups is 1. The van der Waals surface area contributed by atoms with Crippen LogP contribution in [0.4, 0.5) is 11.4 Å². The van der Waals surface area contributed by atoms with Crippen LogP contribution in [-0.4, -0.2) is 62.1 Å². The average molecular weight is 399 g/mol. The van der Waals surface area contributed by atoms with Crippen molar-refractivity contribution in [2.45, 2.75) is 18.6 Å². The van der Waals surface area contributed by atoms with E-state index < -0.39 is 5.79 Å². The molecule has 1 spiro atoms. The van der Waals surface area contributed by atoms with Gasteiger partial charge in [0.25, 0.3) is 5.91 Å². The van der Waals surface area contributed by atoms with E-state index in [2.05, 4.69) is 10.3 Å². The van der Waals surface area contributed by atoms with Gasteiger partial charge in [-0.25, -0.2) is 0 Å². The van der Waals surface area contributed by atoms with Gasteiger partial charge in [-0.3, -0.25) is 9.78 Å². The lowest BCUT2D eigenvalue weighted by atomic mass is 10.0. The Kier molecular flexibility index (Phi) is 5.55. The smallest absolute Gasteiger partial charge is 0.255 e. The molecule has 0 atom stereocenters. The zero-order valence-electron chi connectivity index (χ0n) is 16.6. The Morgan fingerprint density at radius 3 is 2.55 bits per heavy atom. The summed E-state index contributed by atoms with van der Waals surface area (Å²) < 4.78 is 22.2. The highest BCUT2D eigenvalue weighted by Crippen LogP contribution is 2.33. The van der Waals surface area contributed by atoms with Crippen molar-refractivity contribution in [2.75, 3.05) is 45.8 Å². The number of likely N-dealkylation sites (tertiary alicyclic amines) is 1. The highest BCUT2D eigenvalue weighted by Gasteiger charge is 2.40. The molecule has 1 N–H and O–H groups in total. The molecule has 0 unspecified atom stereocenters. The molecule has 0 radical (unpaired) electrons. The SMILES string of the molecule is COc1ccc(OC)c(Nc2cncc(C(=O)N3CCC4(CC3)OCCO4)c2)c1. The molecule has 1 amide bonds. The van der Waals surface area contributed by atoms with Crippen LogP contribution in [0.25, 0.3) is 0 Å². The Balaban J connectivity index is 1.47. The number of pyridine rings is 1. The summed E-state index contributed by atoms with van der Waals surface area (Å²) in [6.07, 6.45) is 4.63. The van der Waals surface area contributed by atoms with Crippen molar-refractivity contribution >= 4 is 17.3 Å². The first-order valence-electron chi connectivity index (χ1n) is 9.64. The lowest BCUT2D eigenvalue weighted by Crippen LogP contribution is -2.47. The summed E-state index contributed by atoms with van der Waals surface area (Å²) in [6.45, 7) is 2.44. The van der Waals surface area contributed by atoms with Crippen LogP contribution in [0.15, 0.2) is 36.7 Å². The molecule has 2 aliphatic heterocycles. The number of rotatable bonds is 5. The molecule has 2 saturated heterocycles. The van der Waals surface area contributed by atoms with E-state index in [-0.39, 0.29) is 5.91 Å². The molecule has 0 bridgehead atoms. The zero-order valence-corrected chi connectivity index (χ0v) is 16.6. The third kappa shape index (κ3) is 4.13. The predicted molar refractivity (Wildman–Crippen MR) is 107 cm³/mol. The number of anilines is 2. The van der Waals surface area contributed by atoms with Gasteiger partial charge in [-0.2, -0.15) is 0 Å². The minimum Gasteiger partial charge on any atom is -0.497 e. The highest BCUT2D eigenvalue weighted by atomic mass is 16.7. The molecule has 2 fully saturated rings. The number of nitrogens with one attached hydrogen (secondary N) is 1. The van der Waals surface area contributed by atoms with E-state index in [1.54, 1.807) is 32.7 Å². The van der Waals surface area contributed by atoms with E-state index in [0.29, 0.717) is 61.9 Å². The standard InChI is InChI=1S/C21H25N3O5/c1-26-17-3-4-19(27-2)18(12-17)23-16-11-15(13-22-14-16)20(25)24-7-5-21(6-8-24)28-9-10-29-21/h3-4,11-14,23H,5-10H2,1-2H3. The Bertz CT molecular complexity index is 872. The predicted octanol–water partition coefficient (Wildman–Crippen LogP) is 2.82. The van der Waals surface area contributed by atoms with Crippen LogP contribution in [0.1, 0.15) is 23.2 Å². The first-order chi connectivity index (χ1) is 14.1. The molecule has 154 valence electrons. The summed E-state index contributed by atoms with van der Waals surface area (Å²) in [5, 5.41) is 3.26. The van der Waals surface area contributed by atoms with Crippen molar-refractivity contribution < 1.29 is 23.7 Å². The second-order valence-corrected chi connectivity index (χ2v) is 7.05. The van der Waals surface area contributed by atoms with E-state index in [1.165, 1.54) is 0 Å². The van der Waals surface area contributed by atoms with Crippen LogP contribution < -0.4 is 14.8 Å². The number of piperidine rings is 1. The summed E-state index contributed by atoms with van der Waals surface area (Å²) in [5.41, 5.74) is 1.95.